The minimum absolute atomic E-state index is 0.0219. The highest BCUT2D eigenvalue weighted by atomic mass is 35.5. The van der Waals surface area contributed by atoms with Crippen LogP contribution in [0.4, 0.5) is 13.2 Å². The molecule has 198 valence electrons. The first-order valence-electron chi connectivity index (χ1n) is 12.1. The number of ether oxygens (including phenoxy) is 3. The Labute approximate surface area is 210 Å². The van der Waals surface area contributed by atoms with Crippen LogP contribution in [-0.4, -0.2) is 60.3 Å². The van der Waals surface area contributed by atoms with Gasteiger partial charge in [-0.3, -0.25) is 14.3 Å². The van der Waals surface area contributed by atoms with E-state index in [-0.39, 0.29) is 61.6 Å². The molecule has 12 heteroatoms. The van der Waals surface area contributed by atoms with Gasteiger partial charge in [-0.05, 0) is 49.3 Å². The molecule has 3 aliphatic carbocycles. The summed E-state index contributed by atoms with van der Waals surface area (Å²) < 4.78 is 51.6. The van der Waals surface area contributed by atoms with E-state index in [9.17, 15) is 27.9 Å². The number of benzene rings is 1. The van der Waals surface area contributed by atoms with Crippen LogP contribution in [0.25, 0.3) is 0 Å². The maximum Gasteiger partial charge on any atom is 0.522 e. The number of fused-ring (bicyclic) bond motifs is 3. The summed E-state index contributed by atoms with van der Waals surface area (Å²) in [5.41, 5.74) is 0.570. The van der Waals surface area contributed by atoms with Gasteiger partial charge in [0.1, 0.15) is 12.4 Å². The second kappa shape index (κ2) is 10.00. The predicted octanol–water partition coefficient (Wildman–Crippen LogP) is 3.01. The molecular weight excluding hydrogens is 505 g/mol. The van der Waals surface area contributed by atoms with E-state index in [4.69, 9.17) is 21.1 Å². The van der Waals surface area contributed by atoms with Gasteiger partial charge in [-0.1, -0.05) is 11.6 Å². The zero-order valence-electron chi connectivity index (χ0n) is 19.3. The van der Waals surface area contributed by atoms with Gasteiger partial charge in [0.25, 0.3) is 5.91 Å². The van der Waals surface area contributed by atoms with Crippen molar-refractivity contribution in [2.45, 2.75) is 81.4 Å². The normalized spacial score (nSPS) is 34.9. The minimum atomic E-state index is -4.66. The zero-order valence-corrected chi connectivity index (χ0v) is 20.1. The highest BCUT2D eigenvalue weighted by molar-refractivity contribution is 6.30. The SMILES string of the molecule is O=C(CO[C@H]1C[C@@H](OC(F)(F)F)C1)N[C@H]1C[C@H]2C[C@@H]1C[C@@H]2NC(=O)[C@@H]1C[C@@H](O)c2cc(Cl)ccc2O1. The summed E-state index contributed by atoms with van der Waals surface area (Å²) >= 11 is 5.98. The molecule has 36 heavy (non-hydrogen) atoms. The third-order valence-electron chi connectivity index (χ3n) is 7.66. The number of halogens is 4. The Hall–Kier alpha value is -2.08. The van der Waals surface area contributed by atoms with Crippen LogP contribution in [0.5, 0.6) is 5.75 Å². The second-order valence-electron chi connectivity index (χ2n) is 10.1. The highest BCUT2D eigenvalue weighted by Gasteiger charge is 2.48. The molecule has 4 aliphatic rings. The number of hydrogen-bond acceptors (Lipinski definition) is 6. The highest BCUT2D eigenvalue weighted by Crippen LogP contribution is 2.45. The smallest absolute Gasteiger partial charge is 0.480 e. The zero-order chi connectivity index (χ0) is 25.6. The average molecular weight is 533 g/mol. The molecule has 1 aromatic rings. The van der Waals surface area contributed by atoms with Crippen LogP contribution in [0.2, 0.25) is 5.02 Å². The van der Waals surface area contributed by atoms with E-state index in [0.717, 1.165) is 19.3 Å². The summed E-state index contributed by atoms with van der Waals surface area (Å²) in [6, 6.07) is 4.88. The number of carbonyl (C=O) groups is 2. The number of amides is 2. The van der Waals surface area contributed by atoms with Gasteiger partial charge in [0.05, 0.1) is 18.3 Å². The summed E-state index contributed by atoms with van der Waals surface area (Å²) in [7, 11) is 0. The van der Waals surface area contributed by atoms with E-state index in [1.165, 1.54) is 0 Å². The lowest BCUT2D eigenvalue weighted by atomic mass is 9.90. The van der Waals surface area contributed by atoms with Crippen LogP contribution in [0.1, 0.15) is 50.2 Å². The van der Waals surface area contributed by atoms with Gasteiger partial charge in [-0.25, -0.2) is 0 Å². The molecule has 8 nitrogen and oxygen atoms in total. The molecule has 0 aromatic heterocycles. The molecular formula is C24H28ClF3N2O6. The summed E-state index contributed by atoms with van der Waals surface area (Å²) in [5.74, 6) is 0.322. The van der Waals surface area contributed by atoms with Gasteiger partial charge >= 0.3 is 6.36 Å². The lowest BCUT2D eigenvalue weighted by Crippen LogP contribution is -2.50. The van der Waals surface area contributed by atoms with E-state index >= 15 is 0 Å². The molecule has 1 aromatic carbocycles. The molecule has 0 unspecified atom stereocenters. The first-order chi connectivity index (χ1) is 17.0. The quantitative estimate of drug-likeness (QED) is 0.498. The van der Waals surface area contributed by atoms with Gasteiger partial charge in [-0.2, -0.15) is 0 Å². The average Bonchev–Trinajstić information content (AvgIpc) is 3.34. The number of rotatable bonds is 7. The maximum atomic E-state index is 12.9. The lowest BCUT2D eigenvalue weighted by molar-refractivity contribution is -0.357. The summed E-state index contributed by atoms with van der Waals surface area (Å²) in [4.78, 5) is 25.1. The number of alkyl halides is 3. The molecule has 3 N–H and O–H groups in total. The molecule has 0 saturated heterocycles. The molecule has 3 fully saturated rings. The van der Waals surface area contributed by atoms with E-state index in [1.807, 2.05) is 0 Å². The van der Waals surface area contributed by atoms with Crippen molar-refractivity contribution in [3.63, 3.8) is 0 Å². The Bertz CT molecular complexity index is 1000. The second-order valence-corrected chi connectivity index (χ2v) is 10.6. The predicted molar refractivity (Wildman–Crippen MR) is 120 cm³/mol. The fraction of sp³-hybridized carbons (Fsp3) is 0.667. The van der Waals surface area contributed by atoms with Crippen molar-refractivity contribution in [3.8, 4) is 5.75 Å². The van der Waals surface area contributed by atoms with Gasteiger partial charge in [0.2, 0.25) is 5.91 Å². The summed E-state index contributed by atoms with van der Waals surface area (Å²) in [5, 5.41) is 16.9. The van der Waals surface area contributed by atoms with Gasteiger partial charge in [-0.15, -0.1) is 13.2 Å². The number of nitrogens with one attached hydrogen (secondary N) is 2. The Kier molecular flexibility index (Phi) is 7.10. The van der Waals surface area contributed by atoms with Crippen molar-refractivity contribution in [2.75, 3.05) is 6.61 Å². The van der Waals surface area contributed by atoms with Crippen molar-refractivity contribution in [1.82, 2.24) is 10.6 Å². The summed E-state index contributed by atoms with van der Waals surface area (Å²) in [6.45, 7) is -0.203. The van der Waals surface area contributed by atoms with E-state index in [1.54, 1.807) is 18.2 Å². The molecule has 2 amide bonds. The fourth-order valence-electron chi connectivity index (χ4n) is 5.86. The Morgan fingerprint density at radius 1 is 1.03 bits per heavy atom. The number of aliphatic hydroxyl groups excluding tert-OH is 1. The molecule has 3 saturated carbocycles. The monoisotopic (exact) mass is 532 g/mol. The number of hydrogen-bond donors (Lipinski definition) is 3. The Morgan fingerprint density at radius 3 is 2.39 bits per heavy atom. The standard InChI is InChI=1S/C24H28ClF3N2O6/c25-13-1-2-20-16(6-13)19(31)9-21(35-20)23(33)30-18-5-11-3-12(18)4-17(11)29-22(32)10-34-14-7-15(8-14)36-24(26,27)28/h1-2,6,11-12,14-15,17-19,21,31H,3-5,7-10H2,(H,29,32)(H,30,33)/t11-,12-,14-,15+,17+,18+,19-,21+/m1/s1. The molecule has 0 spiro atoms. The van der Waals surface area contributed by atoms with Gasteiger partial charge in [0, 0.05) is 41.9 Å². The van der Waals surface area contributed by atoms with Crippen molar-refractivity contribution in [2.24, 2.45) is 11.8 Å². The van der Waals surface area contributed by atoms with E-state index in [2.05, 4.69) is 15.4 Å². The molecule has 6 atom stereocenters. The van der Waals surface area contributed by atoms with Crippen molar-refractivity contribution in [3.05, 3.63) is 28.8 Å². The number of carbonyl (C=O) groups excluding carboxylic acids is 2. The molecule has 1 heterocycles. The molecule has 1 aliphatic heterocycles. The summed E-state index contributed by atoms with van der Waals surface area (Å²) in [6.07, 6.45) is -4.91. The van der Waals surface area contributed by atoms with Crippen LogP contribution >= 0.6 is 11.6 Å². The van der Waals surface area contributed by atoms with E-state index in [0.29, 0.717) is 16.3 Å². The van der Waals surface area contributed by atoms with Crippen LogP contribution in [0.15, 0.2) is 18.2 Å². The molecule has 0 radical (unpaired) electrons. The third-order valence-corrected chi connectivity index (χ3v) is 7.90. The molecule has 2 bridgehead atoms. The largest absolute Gasteiger partial charge is 0.522 e. The van der Waals surface area contributed by atoms with Crippen LogP contribution < -0.4 is 15.4 Å². The lowest BCUT2D eigenvalue weighted by Gasteiger charge is -2.35. The van der Waals surface area contributed by atoms with Crippen LogP contribution in [0.3, 0.4) is 0 Å². The van der Waals surface area contributed by atoms with E-state index < -0.39 is 30.8 Å². The topological polar surface area (TPSA) is 106 Å². The first-order valence-corrected chi connectivity index (χ1v) is 12.5. The van der Waals surface area contributed by atoms with Crippen molar-refractivity contribution < 1.29 is 42.1 Å². The number of aliphatic hydroxyl groups is 1. The first kappa shape index (κ1) is 25.6. The van der Waals surface area contributed by atoms with Crippen LogP contribution in [-0.2, 0) is 19.1 Å². The van der Waals surface area contributed by atoms with Gasteiger partial charge in [0.15, 0.2) is 6.10 Å². The Balaban J connectivity index is 1.03. The van der Waals surface area contributed by atoms with Gasteiger partial charge < -0.3 is 25.2 Å². The maximum absolute atomic E-state index is 12.9. The van der Waals surface area contributed by atoms with Crippen molar-refractivity contribution in [1.29, 1.82) is 0 Å². The van der Waals surface area contributed by atoms with Crippen molar-refractivity contribution >= 4 is 23.4 Å². The minimum Gasteiger partial charge on any atom is -0.480 e. The molecule has 5 rings (SSSR count). The Morgan fingerprint density at radius 2 is 1.72 bits per heavy atom. The fourth-order valence-corrected chi connectivity index (χ4v) is 6.04. The van der Waals surface area contributed by atoms with Crippen LogP contribution in [0, 0.1) is 11.8 Å². The third kappa shape index (κ3) is 5.74.